The van der Waals surface area contributed by atoms with Crippen molar-refractivity contribution in [1.82, 2.24) is 4.31 Å². The molecule has 1 N–H and O–H groups in total. The third-order valence-corrected chi connectivity index (χ3v) is 7.61. The minimum absolute atomic E-state index is 0.0138. The van der Waals surface area contributed by atoms with Crippen LogP contribution in [0.3, 0.4) is 0 Å². The number of aromatic carboxylic acids is 1. The molecule has 0 aliphatic carbocycles. The molecule has 0 saturated carbocycles. The Hall–Kier alpha value is -2.03. The zero-order chi connectivity index (χ0) is 19.0. The Morgan fingerprint density at radius 2 is 1.93 bits per heavy atom. The Morgan fingerprint density at radius 1 is 1.15 bits per heavy atom. The van der Waals surface area contributed by atoms with Crippen LogP contribution >= 0.6 is 11.8 Å². The number of para-hydroxylation sites is 1. The van der Waals surface area contributed by atoms with E-state index in [4.69, 9.17) is 4.74 Å². The molecule has 0 bridgehead atoms. The van der Waals surface area contributed by atoms with E-state index >= 15 is 0 Å². The van der Waals surface area contributed by atoms with E-state index in [1.165, 1.54) is 16.4 Å². The van der Waals surface area contributed by atoms with Crippen molar-refractivity contribution in [2.75, 3.05) is 31.2 Å². The summed E-state index contributed by atoms with van der Waals surface area (Å²) in [6.45, 7) is 1.44. The topological polar surface area (TPSA) is 83.9 Å². The number of ether oxygens (including phenoxy) is 1. The number of nitrogens with zero attached hydrogens (tertiary/aromatic N) is 1. The van der Waals surface area contributed by atoms with Gasteiger partial charge in [0.15, 0.2) is 0 Å². The van der Waals surface area contributed by atoms with Crippen LogP contribution in [0.5, 0.6) is 5.75 Å². The Labute approximate surface area is 162 Å². The maximum absolute atomic E-state index is 13.1. The summed E-state index contributed by atoms with van der Waals surface area (Å²) < 4.78 is 33.3. The zero-order valence-corrected chi connectivity index (χ0v) is 16.2. The molecule has 142 valence electrons. The maximum Gasteiger partial charge on any atom is 0.335 e. The molecule has 4 rings (SSSR count). The van der Waals surface area contributed by atoms with Gasteiger partial charge in [-0.3, -0.25) is 0 Å². The molecule has 1 fully saturated rings. The molecule has 2 heterocycles. The number of sulfonamides is 1. The monoisotopic (exact) mass is 405 g/mol. The largest absolute Gasteiger partial charge is 0.492 e. The predicted octanol–water partition coefficient (Wildman–Crippen LogP) is 2.72. The molecule has 27 heavy (non-hydrogen) atoms. The lowest BCUT2D eigenvalue weighted by Gasteiger charge is -2.26. The van der Waals surface area contributed by atoms with Gasteiger partial charge in [-0.25, -0.2) is 13.2 Å². The molecule has 2 aromatic carbocycles. The SMILES string of the molecule is O=C(O)c1cc(-c2cccc3c2OCC3)cc(S(=O)(=O)N2CCSCC2)c1. The van der Waals surface area contributed by atoms with Gasteiger partial charge in [0.1, 0.15) is 5.75 Å². The van der Waals surface area contributed by atoms with Gasteiger partial charge in [0.25, 0.3) is 0 Å². The van der Waals surface area contributed by atoms with Crippen LogP contribution in [0.15, 0.2) is 41.3 Å². The first-order chi connectivity index (χ1) is 13.0. The number of carbonyl (C=O) groups is 1. The fourth-order valence-corrected chi connectivity index (χ4v) is 6.05. The van der Waals surface area contributed by atoms with E-state index in [1.807, 2.05) is 18.2 Å². The number of thioether (sulfide) groups is 1. The van der Waals surface area contributed by atoms with Crippen LogP contribution in [0.1, 0.15) is 15.9 Å². The van der Waals surface area contributed by atoms with Crippen molar-refractivity contribution in [3.05, 3.63) is 47.5 Å². The number of carboxylic acids is 1. The summed E-state index contributed by atoms with van der Waals surface area (Å²) >= 11 is 1.71. The van der Waals surface area contributed by atoms with Gasteiger partial charge in [-0.1, -0.05) is 18.2 Å². The van der Waals surface area contributed by atoms with Gasteiger partial charge in [-0.15, -0.1) is 0 Å². The third kappa shape index (κ3) is 3.44. The van der Waals surface area contributed by atoms with Crippen LogP contribution in [-0.4, -0.2) is 55.0 Å². The number of hydrogen-bond donors (Lipinski definition) is 1. The van der Waals surface area contributed by atoms with E-state index in [1.54, 1.807) is 17.8 Å². The lowest BCUT2D eigenvalue weighted by atomic mass is 9.99. The van der Waals surface area contributed by atoms with Crippen molar-refractivity contribution in [2.24, 2.45) is 0 Å². The van der Waals surface area contributed by atoms with Gasteiger partial charge >= 0.3 is 5.97 Å². The van der Waals surface area contributed by atoms with E-state index in [2.05, 4.69) is 0 Å². The summed E-state index contributed by atoms with van der Waals surface area (Å²) in [6, 6.07) is 9.99. The lowest BCUT2D eigenvalue weighted by Crippen LogP contribution is -2.37. The van der Waals surface area contributed by atoms with Crippen LogP contribution < -0.4 is 4.74 Å². The summed E-state index contributed by atoms with van der Waals surface area (Å²) in [5.41, 5.74) is 2.26. The number of rotatable bonds is 4. The molecule has 0 radical (unpaired) electrons. The molecular formula is C19H19NO5S2. The number of fused-ring (bicyclic) bond motifs is 1. The molecule has 6 nitrogen and oxygen atoms in total. The highest BCUT2D eigenvalue weighted by atomic mass is 32.2. The first-order valence-corrected chi connectivity index (χ1v) is 11.3. The second-order valence-electron chi connectivity index (χ2n) is 6.46. The lowest BCUT2D eigenvalue weighted by molar-refractivity contribution is 0.0696. The van der Waals surface area contributed by atoms with Crippen LogP contribution in [0.2, 0.25) is 0 Å². The molecule has 0 atom stereocenters. The molecular weight excluding hydrogens is 386 g/mol. The maximum atomic E-state index is 13.1. The predicted molar refractivity (Wildman–Crippen MR) is 104 cm³/mol. The first kappa shape index (κ1) is 18.3. The van der Waals surface area contributed by atoms with E-state index < -0.39 is 16.0 Å². The van der Waals surface area contributed by atoms with Crippen molar-refractivity contribution in [2.45, 2.75) is 11.3 Å². The molecule has 0 unspecified atom stereocenters. The van der Waals surface area contributed by atoms with Crippen molar-refractivity contribution in [1.29, 1.82) is 0 Å². The van der Waals surface area contributed by atoms with Crippen LogP contribution in [0.25, 0.3) is 11.1 Å². The molecule has 0 aromatic heterocycles. The summed E-state index contributed by atoms with van der Waals surface area (Å²) in [6.07, 6.45) is 0.790. The van der Waals surface area contributed by atoms with E-state index in [0.29, 0.717) is 31.0 Å². The molecule has 1 saturated heterocycles. The van der Waals surface area contributed by atoms with Crippen molar-refractivity contribution in [3.63, 3.8) is 0 Å². The van der Waals surface area contributed by atoms with Crippen LogP contribution in [0, 0.1) is 0 Å². The van der Waals surface area contributed by atoms with E-state index in [-0.39, 0.29) is 10.5 Å². The van der Waals surface area contributed by atoms with Gasteiger partial charge in [0.05, 0.1) is 17.1 Å². The minimum atomic E-state index is -3.75. The van der Waals surface area contributed by atoms with Crippen molar-refractivity contribution < 1.29 is 23.1 Å². The molecule has 2 aliphatic rings. The Morgan fingerprint density at radius 3 is 2.67 bits per heavy atom. The Bertz CT molecular complexity index is 997. The average Bonchev–Trinajstić information content (AvgIpc) is 3.17. The number of hydrogen-bond acceptors (Lipinski definition) is 5. The van der Waals surface area contributed by atoms with Crippen LogP contribution in [0.4, 0.5) is 0 Å². The molecule has 0 spiro atoms. The highest BCUT2D eigenvalue weighted by molar-refractivity contribution is 7.99. The highest BCUT2D eigenvalue weighted by Crippen LogP contribution is 2.38. The molecule has 8 heteroatoms. The summed E-state index contributed by atoms with van der Waals surface area (Å²) in [4.78, 5) is 11.6. The second kappa shape index (κ2) is 7.18. The molecule has 2 aromatic rings. The van der Waals surface area contributed by atoms with Gasteiger partial charge in [0, 0.05) is 36.6 Å². The van der Waals surface area contributed by atoms with Crippen LogP contribution in [-0.2, 0) is 16.4 Å². The second-order valence-corrected chi connectivity index (χ2v) is 9.62. The third-order valence-electron chi connectivity index (χ3n) is 4.79. The first-order valence-electron chi connectivity index (χ1n) is 8.68. The zero-order valence-electron chi connectivity index (χ0n) is 14.6. The van der Waals surface area contributed by atoms with Gasteiger partial charge in [-0.2, -0.15) is 16.1 Å². The van der Waals surface area contributed by atoms with Crippen molar-refractivity contribution in [3.8, 4) is 16.9 Å². The standard InChI is InChI=1S/C19H19NO5S2/c21-19(22)15-10-14(17-3-1-2-13-4-7-25-18(13)17)11-16(12-15)27(23,24)20-5-8-26-9-6-20/h1-3,10-12H,4-9H2,(H,21,22). The Kier molecular flexibility index (Phi) is 4.88. The minimum Gasteiger partial charge on any atom is -0.492 e. The number of benzene rings is 2. The van der Waals surface area contributed by atoms with Gasteiger partial charge in [-0.05, 0) is 29.3 Å². The quantitative estimate of drug-likeness (QED) is 0.842. The summed E-state index contributed by atoms with van der Waals surface area (Å²) in [5.74, 6) is 1.03. The Balaban J connectivity index is 1.85. The van der Waals surface area contributed by atoms with Crippen molar-refractivity contribution >= 4 is 27.8 Å². The van der Waals surface area contributed by atoms with E-state index in [9.17, 15) is 18.3 Å². The normalized spacial score (nSPS) is 17.3. The number of carboxylic acid groups (broad SMARTS) is 1. The van der Waals surface area contributed by atoms with Gasteiger partial charge < -0.3 is 9.84 Å². The fraction of sp³-hybridized carbons (Fsp3) is 0.316. The molecule has 0 amide bonds. The average molecular weight is 405 g/mol. The molecule has 2 aliphatic heterocycles. The summed E-state index contributed by atoms with van der Waals surface area (Å²) in [7, 11) is -3.75. The van der Waals surface area contributed by atoms with E-state index in [0.717, 1.165) is 29.1 Å². The fourth-order valence-electron chi connectivity index (χ4n) is 3.41. The van der Waals surface area contributed by atoms with Gasteiger partial charge in [0.2, 0.25) is 10.0 Å². The summed E-state index contributed by atoms with van der Waals surface area (Å²) in [5, 5.41) is 9.51. The smallest absolute Gasteiger partial charge is 0.335 e. The highest BCUT2D eigenvalue weighted by Gasteiger charge is 2.28.